The van der Waals surface area contributed by atoms with Crippen molar-refractivity contribution in [1.29, 1.82) is 0 Å². The highest BCUT2D eigenvalue weighted by Gasteiger charge is 2.06. The number of rotatable bonds is 6. The molecule has 6 N–H and O–H groups in total. The maximum absolute atomic E-state index is 5.25. The molecule has 0 heterocycles. The van der Waals surface area contributed by atoms with Crippen molar-refractivity contribution in [3.05, 3.63) is 65.7 Å². The van der Waals surface area contributed by atoms with Crippen molar-refractivity contribution in [2.24, 2.45) is 5.92 Å². The minimum atomic E-state index is 0. The second-order valence-corrected chi connectivity index (χ2v) is 5.70. The number of hydrogen-bond acceptors (Lipinski definition) is 4. The van der Waals surface area contributed by atoms with Gasteiger partial charge in [-0.2, -0.15) is 0 Å². The highest BCUT2D eigenvalue weighted by molar-refractivity contribution is 5.80. The lowest BCUT2D eigenvalue weighted by Gasteiger charge is -2.11. The Balaban J connectivity index is 0.00000264. The SMILES string of the molecule is COc1ccc(C(=CCC(C)C)c2ccc(OC)cc2)cc1.N.N. The van der Waals surface area contributed by atoms with Crippen LogP contribution in [0.25, 0.3) is 5.57 Å². The second kappa shape index (κ2) is 10.5. The van der Waals surface area contributed by atoms with Crippen molar-refractivity contribution in [2.75, 3.05) is 14.2 Å². The van der Waals surface area contributed by atoms with Gasteiger partial charge in [0.15, 0.2) is 0 Å². The van der Waals surface area contributed by atoms with Crippen LogP contribution in [0.15, 0.2) is 54.6 Å². The molecule has 0 aliphatic carbocycles. The lowest BCUT2D eigenvalue weighted by molar-refractivity contribution is 0.414. The zero-order valence-electron chi connectivity index (χ0n) is 15.2. The molecular weight excluding hydrogens is 300 g/mol. The van der Waals surface area contributed by atoms with Crippen molar-refractivity contribution in [2.45, 2.75) is 20.3 Å². The molecule has 2 aromatic rings. The molecule has 0 atom stereocenters. The summed E-state index contributed by atoms with van der Waals surface area (Å²) >= 11 is 0. The van der Waals surface area contributed by atoms with E-state index in [9.17, 15) is 0 Å². The van der Waals surface area contributed by atoms with Gasteiger partial charge < -0.3 is 21.8 Å². The number of ether oxygens (including phenoxy) is 2. The summed E-state index contributed by atoms with van der Waals surface area (Å²) in [6.07, 6.45) is 3.36. The zero-order valence-corrected chi connectivity index (χ0v) is 15.2. The van der Waals surface area contributed by atoms with Gasteiger partial charge in [-0.25, -0.2) is 0 Å². The first-order valence-corrected chi connectivity index (χ1v) is 7.63. The number of benzene rings is 2. The van der Waals surface area contributed by atoms with Gasteiger partial charge in [-0.1, -0.05) is 44.2 Å². The molecule has 4 heteroatoms. The Morgan fingerprint density at radius 2 is 1.17 bits per heavy atom. The Morgan fingerprint density at radius 1 is 0.792 bits per heavy atom. The van der Waals surface area contributed by atoms with Gasteiger partial charge in [0.05, 0.1) is 14.2 Å². The van der Waals surface area contributed by atoms with Crippen LogP contribution in [0.1, 0.15) is 31.4 Å². The lowest BCUT2D eigenvalue weighted by Crippen LogP contribution is -1.92. The molecule has 0 aliphatic rings. The van der Waals surface area contributed by atoms with Crippen LogP contribution in [0, 0.1) is 5.92 Å². The van der Waals surface area contributed by atoms with Gasteiger partial charge in [0.25, 0.3) is 0 Å². The van der Waals surface area contributed by atoms with Crippen molar-refractivity contribution in [3.63, 3.8) is 0 Å². The Labute approximate surface area is 145 Å². The van der Waals surface area contributed by atoms with E-state index < -0.39 is 0 Å². The molecular formula is C20H30N2O2. The maximum Gasteiger partial charge on any atom is 0.118 e. The van der Waals surface area contributed by atoms with E-state index in [-0.39, 0.29) is 12.3 Å². The van der Waals surface area contributed by atoms with Crippen LogP contribution in [0.2, 0.25) is 0 Å². The maximum atomic E-state index is 5.25. The predicted octanol–water partition coefficient (Wildman–Crippen LogP) is 5.51. The van der Waals surface area contributed by atoms with E-state index in [1.807, 2.05) is 24.3 Å². The van der Waals surface area contributed by atoms with Gasteiger partial charge in [0, 0.05) is 0 Å². The topological polar surface area (TPSA) is 88.5 Å². The predicted molar refractivity (Wildman–Crippen MR) is 103 cm³/mol. The van der Waals surface area contributed by atoms with Crippen LogP contribution in [-0.4, -0.2) is 14.2 Å². The Morgan fingerprint density at radius 3 is 1.46 bits per heavy atom. The monoisotopic (exact) mass is 330 g/mol. The van der Waals surface area contributed by atoms with Gasteiger partial charge >= 0.3 is 0 Å². The van der Waals surface area contributed by atoms with Crippen LogP contribution >= 0.6 is 0 Å². The van der Waals surface area contributed by atoms with E-state index in [0.29, 0.717) is 5.92 Å². The first-order valence-electron chi connectivity index (χ1n) is 7.63. The largest absolute Gasteiger partial charge is 0.497 e. The molecule has 0 radical (unpaired) electrons. The molecule has 2 aromatic carbocycles. The van der Waals surface area contributed by atoms with Gasteiger partial charge in [-0.3, -0.25) is 0 Å². The molecule has 0 aromatic heterocycles. The Hall–Kier alpha value is -2.30. The third kappa shape index (κ3) is 5.72. The molecule has 24 heavy (non-hydrogen) atoms. The normalized spacial score (nSPS) is 9.54. The van der Waals surface area contributed by atoms with Gasteiger partial charge in [-0.05, 0) is 53.3 Å². The number of allylic oxidation sites excluding steroid dienone is 1. The summed E-state index contributed by atoms with van der Waals surface area (Å²) < 4.78 is 10.5. The van der Waals surface area contributed by atoms with Crippen molar-refractivity contribution in [3.8, 4) is 11.5 Å². The zero-order chi connectivity index (χ0) is 15.9. The summed E-state index contributed by atoms with van der Waals surface area (Å²) in [5, 5.41) is 0. The van der Waals surface area contributed by atoms with Gasteiger partial charge in [0.1, 0.15) is 11.5 Å². The quantitative estimate of drug-likeness (QED) is 0.731. The van der Waals surface area contributed by atoms with Gasteiger partial charge in [-0.15, -0.1) is 0 Å². The van der Waals surface area contributed by atoms with Crippen LogP contribution < -0.4 is 21.8 Å². The van der Waals surface area contributed by atoms with E-state index in [4.69, 9.17) is 9.47 Å². The summed E-state index contributed by atoms with van der Waals surface area (Å²) in [4.78, 5) is 0. The average molecular weight is 330 g/mol. The van der Waals surface area contributed by atoms with Crippen molar-refractivity contribution in [1.82, 2.24) is 12.3 Å². The minimum Gasteiger partial charge on any atom is -0.497 e. The molecule has 0 fully saturated rings. The smallest absolute Gasteiger partial charge is 0.118 e. The second-order valence-electron chi connectivity index (χ2n) is 5.70. The molecule has 0 spiro atoms. The lowest BCUT2D eigenvalue weighted by atomic mass is 9.95. The summed E-state index contributed by atoms with van der Waals surface area (Å²) in [5.74, 6) is 2.38. The molecule has 132 valence electrons. The fraction of sp³-hybridized carbons (Fsp3) is 0.300. The van der Waals surface area contributed by atoms with Crippen LogP contribution in [0.4, 0.5) is 0 Å². The van der Waals surface area contributed by atoms with Gasteiger partial charge in [0.2, 0.25) is 0 Å². The Bertz CT molecular complexity index is 568. The molecule has 0 bridgehead atoms. The first kappa shape index (κ1) is 21.7. The van der Waals surface area contributed by atoms with E-state index >= 15 is 0 Å². The molecule has 4 nitrogen and oxygen atoms in total. The third-order valence-electron chi connectivity index (χ3n) is 3.60. The fourth-order valence-electron chi connectivity index (χ4n) is 2.30. The van der Waals surface area contributed by atoms with Crippen molar-refractivity contribution >= 4 is 5.57 Å². The Kier molecular flexibility index (Phi) is 9.47. The van der Waals surface area contributed by atoms with E-state index in [0.717, 1.165) is 17.9 Å². The highest BCUT2D eigenvalue weighted by Crippen LogP contribution is 2.28. The number of methoxy groups -OCH3 is 2. The molecule has 0 saturated heterocycles. The van der Waals surface area contributed by atoms with E-state index in [2.05, 4.69) is 44.2 Å². The van der Waals surface area contributed by atoms with Crippen molar-refractivity contribution < 1.29 is 9.47 Å². The van der Waals surface area contributed by atoms with Crippen LogP contribution in [-0.2, 0) is 0 Å². The third-order valence-corrected chi connectivity index (χ3v) is 3.60. The van der Waals surface area contributed by atoms with Crippen LogP contribution in [0.5, 0.6) is 11.5 Å². The summed E-state index contributed by atoms with van der Waals surface area (Å²) in [6.45, 7) is 4.46. The van der Waals surface area contributed by atoms with E-state index in [1.54, 1.807) is 14.2 Å². The molecule has 0 amide bonds. The summed E-state index contributed by atoms with van der Waals surface area (Å²) in [7, 11) is 3.38. The molecule has 0 aliphatic heterocycles. The average Bonchev–Trinajstić information content (AvgIpc) is 2.56. The standard InChI is InChI=1S/C20H24O2.2H3N/c1-15(2)5-14-20(16-6-10-18(21-3)11-7-16)17-8-12-19(22-4)13-9-17;;/h6-15H,5H2,1-4H3;2*1H3. The summed E-state index contributed by atoms with van der Waals surface area (Å²) in [6, 6.07) is 16.4. The summed E-state index contributed by atoms with van der Waals surface area (Å²) in [5.41, 5.74) is 3.65. The molecule has 2 rings (SSSR count). The highest BCUT2D eigenvalue weighted by atomic mass is 16.5. The molecule has 0 unspecified atom stereocenters. The number of hydrogen-bond donors (Lipinski definition) is 2. The fourth-order valence-corrected chi connectivity index (χ4v) is 2.30. The van der Waals surface area contributed by atoms with Crippen LogP contribution in [0.3, 0.4) is 0 Å². The van der Waals surface area contributed by atoms with E-state index in [1.165, 1.54) is 16.7 Å². The first-order chi connectivity index (χ1) is 10.6. The minimum absolute atomic E-state index is 0. The molecule has 0 saturated carbocycles.